The summed E-state index contributed by atoms with van der Waals surface area (Å²) < 4.78 is 5.84. The van der Waals surface area contributed by atoms with E-state index in [-0.39, 0.29) is 17.9 Å². The lowest BCUT2D eigenvalue weighted by Crippen LogP contribution is -2.42. The molecule has 1 atom stereocenters. The SMILES string of the molecule is O=C(NCCCC(=O)N1CCOC(c2ccccc2)C1)c1ccc(-c2ccccc2)cc1. The van der Waals surface area contributed by atoms with E-state index in [1.54, 1.807) is 0 Å². The number of benzene rings is 3. The van der Waals surface area contributed by atoms with Crippen LogP contribution >= 0.6 is 0 Å². The van der Waals surface area contributed by atoms with Crippen LogP contribution in [0, 0.1) is 0 Å². The predicted molar refractivity (Wildman–Crippen MR) is 125 cm³/mol. The van der Waals surface area contributed by atoms with Crippen LogP contribution in [0.25, 0.3) is 11.1 Å². The minimum absolute atomic E-state index is 0.0764. The summed E-state index contributed by atoms with van der Waals surface area (Å²) in [6.07, 6.45) is 0.946. The van der Waals surface area contributed by atoms with E-state index in [0.717, 1.165) is 16.7 Å². The van der Waals surface area contributed by atoms with Gasteiger partial charge >= 0.3 is 0 Å². The van der Waals surface area contributed by atoms with Gasteiger partial charge in [-0.15, -0.1) is 0 Å². The molecule has 0 saturated carbocycles. The predicted octanol–water partition coefficient (Wildman–Crippen LogP) is 4.46. The molecule has 4 rings (SSSR count). The Morgan fingerprint density at radius 2 is 1.53 bits per heavy atom. The molecule has 1 aliphatic rings. The molecule has 32 heavy (non-hydrogen) atoms. The highest BCUT2D eigenvalue weighted by atomic mass is 16.5. The first-order chi connectivity index (χ1) is 15.7. The Morgan fingerprint density at radius 3 is 2.25 bits per heavy atom. The minimum Gasteiger partial charge on any atom is -0.370 e. The number of nitrogens with one attached hydrogen (secondary N) is 1. The van der Waals surface area contributed by atoms with E-state index < -0.39 is 0 Å². The van der Waals surface area contributed by atoms with Crippen molar-refractivity contribution < 1.29 is 14.3 Å². The number of carbonyl (C=O) groups excluding carboxylic acids is 2. The van der Waals surface area contributed by atoms with Crippen LogP contribution in [0.15, 0.2) is 84.9 Å². The van der Waals surface area contributed by atoms with Crippen LogP contribution in [0.4, 0.5) is 0 Å². The van der Waals surface area contributed by atoms with E-state index in [1.807, 2.05) is 89.8 Å². The molecule has 0 spiro atoms. The van der Waals surface area contributed by atoms with Gasteiger partial charge in [0.05, 0.1) is 13.2 Å². The highest BCUT2D eigenvalue weighted by Gasteiger charge is 2.24. The van der Waals surface area contributed by atoms with Crippen molar-refractivity contribution in [2.24, 2.45) is 0 Å². The van der Waals surface area contributed by atoms with Gasteiger partial charge in [0, 0.05) is 25.1 Å². The fourth-order valence-electron chi connectivity index (χ4n) is 3.89. The van der Waals surface area contributed by atoms with Gasteiger partial charge in [-0.2, -0.15) is 0 Å². The molecule has 3 aromatic rings. The zero-order valence-electron chi connectivity index (χ0n) is 18.1. The zero-order chi connectivity index (χ0) is 22.2. The molecule has 1 aliphatic heterocycles. The first kappa shape index (κ1) is 21.8. The smallest absolute Gasteiger partial charge is 0.251 e. The van der Waals surface area contributed by atoms with Crippen LogP contribution in [-0.2, 0) is 9.53 Å². The second kappa shape index (κ2) is 10.7. The Labute approximate surface area is 189 Å². The summed E-state index contributed by atoms with van der Waals surface area (Å²) in [5.74, 6) is -0.0109. The Hall–Kier alpha value is -3.44. The molecule has 164 valence electrons. The summed E-state index contributed by atoms with van der Waals surface area (Å²) in [6, 6.07) is 27.6. The van der Waals surface area contributed by atoms with E-state index in [9.17, 15) is 9.59 Å². The van der Waals surface area contributed by atoms with Crippen LogP contribution in [0.2, 0.25) is 0 Å². The Kier molecular flexibility index (Phi) is 7.31. The van der Waals surface area contributed by atoms with Crippen LogP contribution in [0.1, 0.15) is 34.9 Å². The van der Waals surface area contributed by atoms with Gasteiger partial charge in [0.2, 0.25) is 5.91 Å². The first-order valence-electron chi connectivity index (χ1n) is 11.1. The normalized spacial score (nSPS) is 15.9. The number of hydrogen-bond donors (Lipinski definition) is 1. The maximum atomic E-state index is 12.6. The highest BCUT2D eigenvalue weighted by molar-refractivity contribution is 5.94. The molecule has 5 heteroatoms. The summed E-state index contributed by atoms with van der Waals surface area (Å²) in [6.45, 7) is 2.20. The third kappa shape index (κ3) is 5.62. The fraction of sp³-hybridized carbons (Fsp3) is 0.259. The summed E-state index contributed by atoms with van der Waals surface area (Å²) >= 11 is 0. The first-order valence-corrected chi connectivity index (χ1v) is 11.1. The molecule has 1 N–H and O–H groups in total. The molecule has 0 bridgehead atoms. The van der Waals surface area contributed by atoms with E-state index in [2.05, 4.69) is 5.32 Å². The molecule has 0 radical (unpaired) electrons. The average Bonchev–Trinajstić information content (AvgIpc) is 2.87. The van der Waals surface area contributed by atoms with E-state index in [0.29, 0.717) is 44.6 Å². The third-order valence-corrected chi connectivity index (χ3v) is 5.70. The number of hydrogen-bond acceptors (Lipinski definition) is 3. The molecule has 0 aromatic heterocycles. The van der Waals surface area contributed by atoms with Gasteiger partial charge in [-0.25, -0.2) is 0 Å². The lowest BCUT2D eigenvalue weighted by molar-refractivity contribution is -0.139. The molecule has 5 nitrogen and oxygen atoms in total. The number of rotatable bonds is 7. The standard InChI is InChI=1S/C27H28N2O3/c30-26(29-18-19-32-25(20-29)23-10-5-2-6-11-23)12-7-17-28-27(31)24-15-13-22(14-16-24)21-8-3-1-4-9-21/h1-6,8-11,13-16,25H,7,12,17-20H2,(H,28,31). The van der Waals surface area contributed by atoms with Crippen molar-refractivity contribution in [3.8, 4) is 11.1 Å². The molecule has 0 aliphatic carbocycles. The zero-order valence-corrected chi connectivity index (χ0v) is 18.1. The Balaban J connectivity index is 1.21. The van der Waals surface area contributed by atoms with Gasteiger partial charge in [-0.3, -0.25) is 9.59 Å². The maximum Gasteiger partial charge on any atom is 0.251 e. The number of morpholine rings is 1. The van der Waals surface area contributed by atoms with Crippen molar-refractivity contribution in [3.05, 3.63) is 96.1 Å². The van der Waals surface area contributed by atoms with Gasteiger partial charge in [-0.05, 0) is 35.2 Å². The van der Waals surface area contributed by atoms with Crippen molar-refractivity contribution >= 4 is 11.8 Å². The van der Waals surface area contributed by atoms with E-state index in [1.165, 1.54) is 0 Å². The number of carbonyl (C=O) groups is 2. The van der Waals surface area contributed by atoms with Gasteiger partial charge in [0.25, 0.3) is 5.91 Å². The van der Waals surface area contributed by atoms with E-state index >= 15 is 0 Å². The summed E-state index contributed by atoms with van der Waals surface area (Å²) in [5, 5.41) is 2.92. The number of amides is 2. The Bertz CT molecular complexity index is 1020. The molecule has 3 aromatic carbocycles. The van der Waals surface area contributed by atoms with Crippen molar-refractivity contribution in [3.63, 3.8) is 0 Å². The molecule has 1 fully saturated rings. The van der Waals surface area contributed by atoms with E-state index in [4.69, 9.17) is 4.74 Å². The second-order valence-electron chi connectivity index (χ2n) is 7.91. The van der Waals surface area contributed by atoms with Crippen LogP contribution in [-0.4, -0.2) is 43.0 Å². The Morgan fingerprint density at radius 1 is 0.875 bits per heavy atom. The average molecular weight is 429 g/mol. The molecule has 1 heterocycles. The topological polar surface area (TPSA) is 58.6 Å². The maximum absolute atomic E-state index is 12.6. The number of ether oxygens (including phenoxy) is 1. The number of nitrogens with zero attached hydrogens (tertiary/aromatic N) is 1. The minimum atomic E-state index is -0.118. The quantitative estimate of drug-likeness (QED) is 0.565. The lowest BCUT2D eigenvalue weighted by atomic mass is 10.0. The van der Waals surface area contributed by atoms with Crippen LogP contribution < -0.4 is 5.32 Å². The van der Waals surface area contributed by atoms with Crippen LogP contribution in [0.3, 0.4) is 0 Å². The molecular formula is C27H28N2O3. The summed E-state index contributed by atoms with van der Waals surface area (Å²) in [4.78, 5) is 26.9. The molecular weight excluding hydrogens is 400 g/mol. The van der Waals surface area contributed by atoms with Gasteiger partial charge in [0.15, 0.2) is 0 Å². The van der Waals surface area contributed by atoms with Crippen molar-refractivity contribution in [2.75, 3.05) is 26.2 Å². The molecule has 2 amide bonds. The summed E-state index contributed by atoms with van der Waals surface area (Å²) in [7, 11) is 0. The summed E-state index contributed by atoms with van der Waals surface area (Å²) in [5.41, 5.74) is 3.91. The van der Waals surface area contributed by atoms with Gasteiger partial charge in [0.1, 0.15) is 6.10 Å². The van der Waals surface area contributed by atoms with Crippen LogP contribution in [0.5, 0.6) is 0 Å². The second-order valence-corrected chi connectivity index (χ2v) is 7.91. The molecule has 1 unspecified atom stereocenters. The van der Waals surface area contributed by atoms with Crippen molar-refractivity contribution in [1.82, 2.24) is 10.2 Å². The van der Waals surface area contributed by atoms with Crippen molar-refractivity contribution in [2.45, 2.75) is 18.9 Å². The van der Waals surface area contributed by atoms with Gasteiger partial charge in [-0.1, -0.05) is 72.8 Å². The third-order valence-electron chi connectivity index (χ3n) is 5.70. The lowest BCUT2D eigenvalue weighted by Gasteiger charge is -2.33. The monoisotopic (exact) mass is 428 g/mol. The molecule has 1 saturated heterocycles. The largest absolute Gasteiger partial charge is 0.370 e. The fourth-order valence-corrected chi connectivity index (χ4v) is 3.89. The highest BCUT2D eigenvalue weighted by Crippen LogP contribution is 2.22. The van der Waals surface area contributed by atoms with Crippen molar-refractivity contribution in [1.29, 1.82) is 0 Å². The van der Waals surface area contributed by atoms with Gasteiger partial charge < -0.3 is 15.0 Å².